The number of hydrogen-bond donors (Lipinski definition) is 0. The van der Waals surface area contributed by atoms with Crippen molar-refractivity contribution in [3.8, 4) is 0 Å². The summed E-state index contributed by atoms with van der Waals surface area (Å²) in [5, 5.41) is 0.887. The Morgan fingerprint density at radius 1 is 1.17 bits per heavy atom. The summed E-state index contributed by atoms with van der Waals surface area (Å²) in [7, 11) is -3.46. The van der Waals surface area contributed by atoms with Gasteiger partial charge in [0.2, 0.25) is 10.0 Å². The smallest absolute Gasteiger partial charge is 0.243 e. The molecular weight excluding hydrogens is 418 g/mol. The first kappa shape index (κ1) is 21.4. The predicted octanol–water partition coefficient (Wildman–Crippen LogP) is 4.30. The molecule has 1 aliphatic rings. The molecule has 0 aliphatic carbocycles. The van der Waals surface area contributed by atoms with Crippen molar-refractivity contribution < 1.29 is 8.42 Å². The third-order valence-corrected chi connectivity index (χ3v) is 8.46. The van der Waals surface area contributed by atoms with Gasteiger partial charge < -0.3 is 9.13 Å². The number of nitrogens with zero attached hydrogens (tertiary/aromatic N) is 5. The number of hydrogen-bond acceptors (Lipinski definition) is 5. The van der Waals surface area contributed by atoms with E-state index in [2.05, 4.69) is 34.9 Å². The summed E-state index contributed by atoms with van der Waals surface area (Å²) in [5.41, 5.74) is 1.69. The highest BCUT2D eigenvalue weighted by Gasteiger charge is 2.26. The lowest BCUT2D eigenvalue weighted by Crippen LogP contribution is -2.35. The number of benzene rings is 1. The molecule has 1 saturated heterocycles. The van der Waals surface area contributed by atoms with Crippen LogP contribution in [0.15, 0.2) is 40.6 Å². The minimum Gasteiger partial charge on any atom is -0.332 e. The van der Waals surface area contributed by atoms with Crippen LogP contribution in [0.4, 0.5) is 0 Å². The molecule has 0 spiro atoms. The number of rotatable bonds is 7. The average Bonchev–Trinajstić information content (AvgIpc) is 3.36. The van der Waals surface area contributed by atoms with Crippen molar-refractivity contribution in [2.24, 2.45) is 0 Å². The zero-order valence-corrected chi connectivity index (χ0v) is 19.4. The molecule has 0 saturated carbocycles. The van der Waals surface area contributed by atoms with Crippen molar-refractivity contribution in [1.29, 1.82) is 0 Å². The number of aromatic nitrogens is 4. The van der Waals surface area contributed by atoms with Crippen molar-refractivity contribution in [2.45, 2.75) is 68.4 Å². The van der Waals surface area contributed by atoms with Gasteiger partial charge in [-0.3, -0.25) is 0 Å². The molecule has 0 amide bonds. The van der Waals surface area contributed by atoms with Crippen LogP contribution in [0.25, 0.3) is 11.0 Å². The van der Waals surface area contributed by atoms with E-state index in [1.54, 1.807) is 28.2 Å². The van der Waals surface area contributed by atoms with E-state index in [-0.39, 0.29) is 0 Å². The normalized spacial score (nSPS) is 16.0. The van der Waals surface area contributed by atoms with Crippen molar-refractivity contribution in [2.75, 3.05) is 13.1 Å². The first-order valence-electron chi connectivity index (χ1n) is 10.6. The molecule has 0 unspecified atom stereocenters. The SMILES string of the molecule is CCn1c(SCc2nccn2C(C)C)nc2cc(S(=O)(=O)N3CCCCC3)ccc21. The van der Waals surface area contributed by atoms with Gasteiger partial charge in [-0.2, -0.15) is 4.31 Å². The summed E-state index contributed by atoms with van der Waals surface area (Å²) in [6.45, 7) is 8.35. The lowest BCUT2D eigenvalue weighted by atomic mass is 10.2. The van der Waals surface area contributed by atoms with Crippen LogP contribution in [-0.2, 0) is 22.3 Å². The Hall–Kier alpha value is -1.84. The Labute approximate surface area is 182 Å². The third-order valence-electron chi connectivity index (χ3n) is 5.59. The summed E-state index contributed by atoms with van der Waals surface area (Å²) in [4.78, 5) is 9.60. The zero-order valence-electron chi connectivity index (χ0n) is 17.8. The van der Waals surface area contributed by atoms with Gasteiger partial charge in [-0.15, -0.1) is 0 Å². The lowest BCUT2D eigenvalue weighted by molar-refractivity contribution is 0.346. The van der Waals surface area contributed by atoms with Crippen LogP contribution in [0.2, 0.25) is 0 Å². The molecule has 0 bridgehead atoms. The van der Waals surface area contributed by atoms with Crippen LogP contribution in [0.5, 0.6) is 0 Å². The molecular formula is C21H29N5O2S2. The van der Waals surface area contributed by atoms with E-state index < -0.39 is 10.0 Å². The van der Waals surface area contributed by atoms with Gasteiger partial charge in [0.25, 0.3) is 0 Å². The zero-order chi connectivity index (χ0) is 21.3. The van der Waals surface area contributed by atoms with Crippen molar-refractivity contribution >= 4 is 32.8 Å². The van der Waals surface area contributed by atoms with Gasteiger partial charge in [0.15, 0.2) is 5.16 Å². The quantitative estimate of drug-likeness (QED) is 0.505. The molecule has 1 aromatic carbocycles. The van der Waals surface area contributed by atoms with E-state index in [0.717, 1.165) is 47.8 Å². The Morgan fingerprint density at radius 3 is 2.63 bits per heavy atom. The summed E-state index contributed by atoms with van der Waals surface area (Å²) >= 11 is 1.64. The van der Waals surface area contributed by atoms with Crippen LogP contribution in [0, 0.1) is 0 Å². The molecule has 7 nitrogen and oxygen atoms in total. The summed E-state index contributed by atoms with van der Waals surface area (Å²) < 4.78 is 32.0. The second kappa shape index (κ2) is 8.72. The van der Waals surface area contributed by atoms with Gasteiger partial charge in [-0.1, -0.05) is 18.2 Å². The number of sulfonamides is 1. The fourth-order valence-corrected chi connectivity index (χ4v) is 6.54. The fourth-order valence-electron chi connectivity index (χ4n) is 3.97. The second-order valence-electron chi connectivity index (χ2n) is 7.89. The van der Waals surface area contributed by atoms with Gasteiger partial charge in [0, 0.05) is 38.1 Å². The van der Waals surface area contributed by atoms with Crippen molar-refractivity contribution in [3.05, 3.63) is 36.4 Å². The van der Waals surface area contributed by atoms with Crippen molar-refractivity contribution in [3.63, 3.8) is 0 Å². The van der Waals surface area contributed by atoms with Gasteiger partial charge in [0.1, 0.15) is 5.82 Å². The van der Waals surface area contributed by atoms with E-state index in [0.29, 0.717) is 29.8 Å². The Bertz CT molecular complexity index is 1130. The van der Waals surface area contributed by atoms with Crippen LogP contribution in [0.1, 0.15) is 51.9 Å². The van der Waals surface area contributed by atoms with Crippen LogP contribution in [0.3, 0.4) is 0 Å². The number of thioether (sulfide) groups is 1. The molecule has 9 heteroatoms. The molecule has 0 N–H and O–H groups in total. The highest BCUT2D eigenvalue weighted by Crippen LogP contribution is 2.29. The molecule has 2 aromatic heterocycles. The summed E-state index contributed by atoms with van der Waals surface area (Å²) in [5.74, 6) is 1.73. The fraction of sp³-hybridized carbons (Fsp3) is 0.524. The van der Waals surface area contributed by atoms with E-state index in [1.807, 2.05) is 18.5 Å². The van der Waals surface area contributed by atoms with E-state index in [9.17, 15) is 8.42 Å². The van der Waals surface area contributed by atoms with Gasteiger partial charge in [-0.05, 0) is 51.8 Å². The third kappa shape index (κ3) is 4.02. The topological polar surface area (TPSA) is 73.0 Å². The standard InChI is InChI=1S/C21H29N5O2S2/c1-4-25-19-9-8-17(30(27,28)24-11-6-5-7-12-24)14-18(19)23-21(25)29-15-20-22-10-13-26(20)16(2)3/h8-10,13-14,16H,4-7,11-12,15H2,1-3H3. The molecule has 30 heavy (non-hydrogen) atoms. The molecule has 1 fully saturated rings. The molecule has 4 rings (SSSR count). The number of piperidine rings is 1. The first-order chi connectivity index (χ1) is 14.4. The van der Waals surface area contributed by atoms with Crippen LogP contribution in [-0.4, -0.2) is 44.9 Å². The van der Waals surface area contributed by atoms with Gasteiger partial charge >= 0.3 is 0 Å². The highest BCUT2D eigenvalue weighted by atomic mass is 32.2. The van der Waals surface area contributed by atoms with Crippen LogP contribution < -0.4 is 0 Å². The maximum absolute atomic E-state index is 13.0. The van der Waals surface area contributed by atoms with E-state index in [1.165, 1.54) is 0 Å². The average molecular weight is 448 g/mol. The van der Waals surface area contributed by atoms with Gasteiger partial charge in [0.05, 0.1) is 21.7 Å². The molecule has 3 heterocycles. The summed E-state index contributed by atoms with van der Waals surface area (Å²) in [6.07, 6.45) is 6.79. The molecule has 0 atom stereocenters. The van der Waals surface area contributed by atoms with Crippen molar-refractivity contribution in [1.82, 2.24) is 23.4 Å². The molecule has 0 radical (unpaired) electrons. The maximum Gasteiger partial charge on any atom is 0.243 e. The number of imidazole rings is 2. The number of fused-ring (bicyclic) bond motifs is 1. The predicted molar refractivity (Wildman–Crippen MR) is 120 cm³/mol. The number of aryl methyl sites for hydroxylation is 1. The first-order valence-corrected chi connectivity index (χ1v) is 13.0. The minimum atomic E-state index is -3.46. The van der Waals surface area contributed by atoms with E-state index in [4.69, 9.17) is 4.98 Å². The van der Waals surface area contributed by atoms with E-state index >= 15 is 0 Å². The molecule has 162 valence electrons. The Balaban J connectivity index is 1.63. The second-order valence-corrected chi connectivity index (χ2v) is 10.8. The Morgan fingerprint density at radius 2 is 1.93 bits per heavy atom. The Kier molecular flexibility index (Phi) is 6.22. The molecule has 3 aromatic rings. The lowest BCUT2D eigenvalue weighted by Gasteiger charge is -2.25. The largest absolute Gasteiger partial charge is 0.332 e. The maximum atomic E-state index is 13.0. The summed E-state index contributed by atoms with van der Waals surface area (Å²) in [6, 6.07) is 5.70. The highest BCUT2D eigenvalue weighted by molar-refractivity contribution is 7.98. The minimum absolute atomic E-state index is 0.338. The molecule has 1 aliphatic heterocycles. The van der Waals surface area contributed by atoms with Crippen LogP contribution >= 0.6 is 11.8 Å². The monoisotopic (exact) mass is 447 g/mol. The van der Waals surface area contributed by atoms with Gasteiger partial charge in [-0.25, -0.2) is 18.4 Å².